The molecule has 0 saturated carbocycles. The van der Waals surface area contributed by atoms with E-state index < -0.39 is 10.6 Å². The maximum atomic E-state index is 10.6. The summed E-state index contributed by atoms with van der Waals surface area (Å²) < 4.78 is 23.1. The van der Waals surface area contributed by atoms with Crippen molar-refractivity contribution in [3.05, 3.63) is 0 Å². The van der Waals surface area contributed by atoms with Gasteiger partial charge in [-0.1, -0.05) is 0 Å². The number of carbonyl (C=O) groups is 1. The fourth-order valence-corrected chi connectivity index (χ4v) is 3.01. The van der Waals surface area contributed by atoms with Crippen molar-refractivity contribution in [2.45, 2.75) is 6.92 Å². The minimum atomic E-state index is -2.32. The van der Waals surface area contributed by atoms with Crippen molar-refractivity contribution >= 4 is 28.6 Å². The summed E-state index contributed by atoms with van der Waals surface area (Å²) in [5, 5.41) is 0. The van der Waals surface area contributed by atoms with Gasteiger partial charge in [0.25, 0.3) is 0 Å². The summed E-state index contributed by atoms with van der Waals surface area (Å²) in [7, 11) is -2.32. The lowest BCUT2D eigenvalue weighted by molar-refractivity contribution is -0.117. The summed E-state index contributed by atoms with van der Waals surface area (Å²) in [6, 6.07) is 0. The number of rotatable bonds is 2. The van der Waals surface area contributed by atoms with Crippen LogP contribution in [0.5, 0.6) is 0 Å². The molecule has 0 aromatic rings. The van der Waals surface area contributed by atoms with Gasteiger partial charge in [-0.2, -0.15) is 10.6 Å². The first-order valence-electron chi connectivity index (χ1n) is 3.92. The molecule has 0 radical (unpaired) electrons. The zero-order chi connectivity index (χ0) is 9.90. The standard InChI is InChI=1S/C6H14N2O3S2/c1-6(9)7-12-8-2-4-13(10,11)5-3-8/h10-11H,2-5H2,1H3,(H,7,9). The molecule has 0 bridgehead atoms. The molecule has 1 amide bonds. The highest BCUT2D eigenvalue weighted by molar-refractivity contribution is 8.24. The van der Waals surface area contributed by atoms with Crippen molar-refractivity contribution in [3.63, 3.8) is 0 Å². The molecule has 1 saturated heterocycles. The number of carbonyl (C=O) groups excluding carboxylic acids is 1. The Bertz CT molecular complexity index is 190. The van der Waals surface area contributed by atoms with E-state index in [-0.39, 0.29) is 5.91 Å². The minimum Gasteiger partial charge on any atom is -0.299 e. The van der Waals surface area contributed by atoms with Crippen LogP contribution in [0.25, 0.3) is 0 Å². The molecule has 0 aromatic heterocycles. The average molecular weight is 226 g/mol. The Labute approximate surface area is 83.5 Å². The van der Waals surface area contributed by atoms with Crippen molar-refractivity contribution in [3.8, 4) is 0 Å². The van der Waals surface area contributed by atoms with E-state index >= 15 is 0 Å². The van der Waals surface area contributed by atoms with E-state index in [0.29, 0.717) is 24.6 Å². The zero-order valence-electron chi connectivity index (χ0n) is 7.39. The van der Waals surface area contributed by atoms with Crippen molar-refractivity contribution < 1.29 is 13.9 Å². The van der Waals surface area contributed by atoms with Crippen molar-refractivity contribution in [1.82, 2.24) is 9.03 Å². The fourth-order valence-electron chi connectivity index (χ4n) is 0.930. The maximum absolute atomic E-state index is 10.6. The summed E-state index contributed by atoms with van der Waals surface area (Å²) in [4.78, 5) is 10.6. The van der Waals surface area contributed by atoms with Crippen LogP contribution in [-0.4, -0.2) is 43.9 Å². The molecule has 78 valence electrons. The number of hydrogen-bond donors (Lipinski definition) is 3. The van der Waals surface area contributed by atoms with Crippen LogP contribution in [-0.2, 0) is 4.79 Å². The molecule has 1 fully saturated rings. The number of nitrogens with zero attached hydrogens (tertiary/aromatic N) is 1. The predicted molar refractivity (Wildman–Crippen MR) is 55.6 cm³/mol. The Morgan fingerprint density at radius 2 is 2.00 bits per heavy atom. The molecule has 1 aliphatic rings. The molecule has 1 aliphatic heterocycles. The molecule has 0 unspecified atom stereocenters. The molecule has 5 nitrogen and oxygen atoms in total. The van der Waals surface area contributed by atoms with E-state index in [1.807, 2.05) is 4.31 Å². The van der Waals surface area contributed by atoms with E-state index in [2.05, 4.69) is 4.72 Å². The molecular formula is C6H14N2O3S2. The third kappa shape index (κ3) is 4.19. The highest BCUT2D eigenvalue weighted by Gasteiger charge is 2.22. The van der Waals surface area contributed by atoms with Gasteiger partial charge in [0.2, 0.25) is 5.91 Å². The normalized spacial score (nSPS) is 25.2. The third-order valence-electron chi connectivity index (χ3n) is 1.65. The topological polar surface area (TPSA) is 72.8 Å². The van der Waals surface area contributed by atoms with E-state index in [4.69, 9.17) is 0 Å². The molecule has 13 heavy (non-hydrogen) atoms. The third-order valence-corrected chi connectivity index (χ3v) is 4.33. The number of nitrogens with one attached hydrogen (secondary N) is 1. The van der Waals surface area contributed by atoms with Crippen LogP contribution in [0.15, 0.2) is 0 Å². The Kier molecular flexibility index (Phi) is 3.87. The van der Waals surface area contributed by atoms with E-state index in [1.54, 1.807) is 0 Å². The van der Waals surface area contributed by atoms with Gasteiger partial charge in [-0.3, -0.25) is 18.6 Å². The smallest absolute Gasteiger partial charge is 0.227 e. The Hall–Kier alpha value is 0.0500. The molecule has 0 aromatic carbocycles. The largest absolute Gasteiger partial charge is 0.299 e. The second-order valence-electron chi connectivity index (χ2n) is 2.89. The molecule has 0 spiro atoms. The van der Waals surface area contributed by atoms with Crippen LogP contribution in [0.1, 0.15) is 6.92 Å². The lowest BCUT2D eigenvalue weighted by Crippen LogP contribution is -2.36. The highest BCUT2D eigenvalue weighted by Crippen LogP contribution is 2.41. The molecule has 1 rings (SSSR count). The number of amides is 1. The second kappa shape index (κ2) is 4.52. The van der Waals surface area contributed by atoms with E-state index in [0.717, 1.165) is 0 Å². The first kappa shape index (κ1) is 11.1. The minimum absolute atomic E-state index is 0.0952. The fraction of sp³-hybridized carbons (Fsp3) is 0.833. The first-order chi connectivity index (χ1) is 5.99. The van der Waals surface area contributed by atoms with Gasteiger partial charge in [0.15, 0.2) is 0 Å². The average Bonchev–Trinajstić information content (AvgIpc) is 2.02. The van der Waals surface area contributed by atoms with Gasteiger partial charge in [-0.25, -0.2) is 4.31 Å². The van der Waals surface area contributed by atoms with Crippen molar-refractivity contribution in [2.75, 3.05) is 24.6 Å². The van der Waals surface area contributed by atoms with Gasteiger partial charge >= 0.3 is 0 Å². The SMILES string of the molecule is CC(=O)NSN1CCS(O)(O)CC1. The monoisotopic (exact) mass is 226 g/mol. The van der Waals surface area contributed by atoms with Gasteiger partial charge in [0, 0.05) is 32.1 Å². The van der Waals surface area contributed by atoms with Crippen molar-refractivity contribution in [1.29, 1.82) is 0 Å². The molecule has 7 heteroatoms. The van der Waals surface area contributed by atoms with Gasteiger partial charge in [0.05, 0.1) is 11.5 Å². The van der Waals surface area contributed by atoms with E-state index in [9.17, 15) is 13.9 Å². The lowest BCUT2D eigenvalue weighted by Gasteiger charge is -2.39. The summed E-state index contributed by atoms with van der Waals surface area (Å²) in [6.07, 6.45) is 0. The van der Waals surface area contributed by atoms with Crippen LogP contribution in [0.3, 0.4) is 0 Å². The van der Waals surface area contributed by atoms with Crippen molar-refractivity contribution in [2.24, 2.45) is 0 Å². The highest BCUT2D eigenvalue weighted by atomic mass is 32.3. The van der Waals surface area contributed by atoms with Gasteiger partial charge in [0.1, 0.15) is 0 Å². The lowest BCUT2D eigenvalue weighted by atomic mass is 10.6. The maximum Gasteiger partial charge on any atom is 0.227 e. The summed E-state index contributed by atoms with van der Waals surface area (Å²) in [5.41, 5.74) is 0. The summed E-state index contributed by atoms with van der Waals surface area (Å²) >= 11 is 1.23. The molecule has 3 N–H and O–H groups in total. The summed E-state index contributed by atoms with van der Waals surface area (Å²) in [6.45, 7) is 2.66. The van der Waals surface area contributed by atoms with Gasteiger partial charge in [-0.05, 0) is 0 Å². The zero-order valence-corrected chi connectivity index (χ0v) is 9.03. The van der Waals surface area contributed by atoms with Gasteiger partial charge in [-0.15, -0.1) is 0 Å². The molecule has 1 heterocycles. The number of hydrogen-bond acceptors (Lipinski definition) is 5. The second-order valence-corrected chi connectivity index (χ2v) is 6.21. The Morgan fingerprint density at radius 1 is 1.46 bits per heavy atom. The van der Waals surface area contributed by atoms with Crippen LogP contribution in [0.2, 0.25) is 0 Å². The van der Waals surface area contributed by atoms with Crippen LogP contribution < -0.4 is 4.72 Å². The Morgan fingerprint density at radius 3 is 2.46 bits per heavy atom. The van der Waals surface area contributed by atoms with Crippen LogP contribution in [0.4, 0.5) is 0 Å². The Balaban J connectivity index is 2.21. The van der Waals surface area contributed by atoms with Crippen LogP contribution in [0, 0.1) is 0 Å². The molecule has 0 atom stereocenters. The van der Waals surface area contributed by atoms with E-state index in [1.165, 1.54) is 19.1 Å². The molecule has 0 aliphatic carbocycles. The van der Waals surface area contributed by atoms with Gasteiger partial charge < -0.3 is 0 Å². The predicted octanol–water partition coefficient (Wildman–Crippen LogP) is 0.752. The summed E-state index contributed by atoms with van der Waals surface area (Å²) in [5.74, 6) is 0.710. The van der Waals surface area contributed by atoms with Crippen LogP contribution >= 0.6 is 22.7 Å². The quantitative estimate of drug-likeness (QED) is 0.606. The first-order valence-corrected chi connectivity index (χ1v) is 6.57. The molecular weight excluding hydrogens is 212 g/mol.